The maximum Gasteiger partial charge on any atom is 0.231 e. The van der Waals surface area contributed by atoms with E-state index in [1.165, 1.54) is 6.26 Å². The molecule has 9 heteroatoms. The summed E-state index contributed by atoms with van der Waals surface area (Å²) in [5, 5.41) is 0. The average Bonchev–Trinajstić information content (AvgIpc) is 3.22. The third-order valence-electron chi connectivity index (χ3n) is 5.51. The number of nitrogens with zero attached hydrogens (tertiary/aromatic N) is 2. The van der Waals surface area contributed by atoms with Gasteiger partial charge < -0.3 is 19.1 Å². The van der Waals surface area contributed by atoms with Crippen molar-refractivity contribution in [2.24, 2.45) is 0 Å². The van der Waals surface area contributed by atoms with Gasteiger partial charge in [-0.15, -0.1) is 0 Å². The molecule has 8 nitrogen and oxygen atoms in total. The molecule has 4 rings (SSSR count). The highest BCUT2D eigenvalue weighted by Gasteiger charge is 2.27. The molecule has 1 N–H and O–H groups in total. The van der Waals surface area contributed by atoms with Crippen molar-refractivity contribution >= 4 is 15.7 Å². The van der Waals surface area contributed by atoms with Crippen LogP contribution in [0.25, 0.3) is 0 Å². The monoisotopic (exact) mass is 433 g/mol. The third kappa shape index (κ3) is 4.80. The fourth-order valence-electron chi connectivity index (χ4n) is 3.89. The number of rotatable bonds is 7. The largest absolute Gasteiger partial charge is 0.497 e. The highest BCUT2D eigenvalue weighted by molar-refractivity contribution is 7.88. The van der Waals surface area contributed by atoms with Gasteiger partial charge in [0.1, 0.15) is 5.75 Å². The first-order valence-corrected chi connectivity index (χ1v) is 11.8. The van der Waals surface area contributed by atoms with Crippen molar-refractivity contribution in [1.82, 2.24) is 9.62 Å². The zero-order chi connectivity index (χ0) is 21.1. The van der Waals surface area contributed by atoms with E-state index >= 15 is 0 Å². The number of sulfonamides is 1. The number of nitrogens with one attached hydrogen (secondary N) is 1. The normalized spacial score (nSPS) is 17.7. The zero-order valence-corrected chi connectivity index (χ0v) is 18.0. The Morgan fingerprint density at radius 1 is 1.03 bits per heavy atom. The van der Waals surface area contributed by atoms with E-state index in [0.29, 0.717) is 12.3 Å². The molecule has 2 aromatic carbocycles. The second kappa shape index (κ2) is 8.71. The van der Waals surface area contributed by atoms with Crippen molar-refractivity contribution in [3.63, 3.8) is 0 Å². The van der Waals surface area contributed by atoms with Gasteiger partial charge in [-0.1, -0.05) is 6.07 Å². The van der Waals surface area contributed by atoms with Gasteiger partial charge in [-0.2, -0.15) is 0 Å². The summed E-state index contributed by atoms with van der Waals surface area (Å²) in [5.41, 5.74) is 2.16. The van der Waals surface area contributed by atoms with Gasteiger partial charge in [0.15, 0.2) is 11.5 Å². The third-order valence-corrected chi connectivity index (χ3v) is 6.20. The number of anilines is 1. The van der Waals surface area contributed by atoms with E-state index in [-0.39, 0.29) is 12.8 Å². The topological polar surface area (TPSA) is 80.3 Å². The van der Waals surface area contributed by atoms with Gasteiger partial charge in [-0.3, -0.25) is 4.90 Å². The van der Waals surface area contributed by atoms with Gasteiger partial charge in [0, 0.05) is 44.5 Å². The molecule has 0 aromatic heterocycles. The average molecular weight is 434 g/mol. The Morgan fingerprint density at radius 2 is 1.73 bits per heavy atom. The fraction of sp³-hybridized carbons (Fsp3) is 0.429. The van der Waals surface area contributed by atoms with Crippen LogP contribution < -0.4 is 23.8 Å². The first-order valence-electron chi connectivity index (χ1n) is 9.90. The quantitative estimate of drug-likeness (QED) is 0.714. The number of methoxy groups -OCH3 is 1. The van der Waals surface area contributed by atoms with E-state index in [4.69, 9.17) is 14.2 Å². The SMILES string of the molecule is COc1ccc(N2CCN([C@@H](CNS(C)(=O)=O)c3ccc4c(c3)OCO4)CC2)cc1. The van der Waals surface area contributed by atoms with Crippen LogP contribution in [0.3, 0.4) is 0 Å². The summed E-state index contributed by atoms with van der Waals surface area (Å²) in [6.45, 7) is 3.86. The van der Waals surface area contributed by atoms with Gasteiger partial charge in [0.25, 0.3) is 0 Å². The summed E-state index contributed by atoms with van der Waals surface area (Å²) in [4.78, 5) is 4.65. The fourth-order valence-corrected chi connectivity index (χ4v) is 4.35. The minimum absolute atomic E-state index is 0.0905. The zero-order valence-electron chi connectivity index (χ0n) is 17.2. The minimum Gasteiger partial charge on any atom is -0.497 e. The van der Waals surface area contributed by atoms with Crippen LogP contribution in [0.1, 0.15) is 11.6 Å². The molecule has 0 amide bonds. The van der Waals surface area contributed by atoms with Gasteiger partial charge in [0.05, 0.1) is 13.4 Å². The molecule has 162 valence electrons. The van der Waals surface area contributed by atoms with Crippen molar-refractivity contribution in [2.45, 2.75) is 6.04 Å². The number of ether oxygens (including phenoxy) is 3. The Kier molecular flexibility index (Phi) is 6.03. The Balaban J connectivity index is 1.48. The standard InChI is InChI=1S/C21H27N3O5S/c1-27-18-6-4-17(5-7-18)23-9-11-24(12-10-23)19(14-22-30(2,25)26)16-3-8-20-21(13-16)29-15-28-20/h3-8,13,19,22H,9-12,14-15H2,1-2H3/t19-/m0/s1. The van der Waals surface area contributed by atoms with E-state index in [0.717, 1.165) is 48.9 Å². The lowest BCUT2D eigenvalue weighted by Gasteiger charge is -2.40. The van der Waals surface area contributed by atoms with E-state index in [1.807, 2.05) is 30.3 Å². The lowest BCUT2D eigenvalue weighted by molar-refractivity contribution is 0.173. The molecular weight excluding hydrogens is 406 g/mol. The molecule has 0 saturated carbocycles. The number of benzene rings is 2. The summed E-state index contributed by atoms with van der Waals surface area (Å²) in [5.74, 6) is 2.26. The molecule has 1 atom stereocenters. The molecule has 2 aromatic rings. The summed E-state index contributed by atoms with van der Waals surface area (Å²) < 4.78 is 42.3. The maximum atomic E-state index is 11.7. The van der Waals surface area contributed by atoms with E-state index in [1.54, 1.807) is 7.11 Å². The molecule has 0 spiro atoms. The minimum atomic E-state index is -3.29. The van der Waals surface area contributed by atoms with Crippen LogP contribution in [0.2, 0.25) is 0 Å². The van der Waals surface area contributed by atoms with Gasteiger partial charge in [-0.25, -0.2) is 13.1 Å². The number of piperazine rings is 1. The maximum absolute atomic E-state index is 11.7. The van der Waals surface area contributed by atoms with Crippen LogP contribution in [-0.2, 0) is 10.0 Å². The van der Waals surface area contributed by atoms with E-state index < -0.39 is 10.0 Å². The van der Waals surface area contributed by atoms with Crippen LogP contribution in [0.5, 0.6) is 17.2 Å². The molecule has 30 heavy (non-hydrogen) atoms. The molecular formula is C21H27N3O5S. The van der Waals surface area contributed by atoms with Gasteiger partial charge in [0.2, 0.25) is 16.8 Å². The molecule has 1 saturated heterocycles. The number of hydrogen-bond acceptors (Lipinski definition) is 7. The lowest BCUT2D eigenvalue weighted by Crippen LogP contribution is -2.49. The Bertz CT molecular complexity index is 973. The van der Waals surface area contributed by atoms with E-state index in [2.05, 4.69) is 26.7 Å². The molecule has 0 bridgehead atoms. The van der Waals surface area contributed by atoms with Gasteiger partial charge >= 0.3 is 0 Å². The summed E-state index contributed by atoms with van der Waals surface area (Å²) in [6.07, 6.45) is 1.19. The van der Waals surface area contributed by atoms with E-state index in [9.17, 15) is 8.42 Å². The molecule has 0 aliphatic carbocycles. The highest BCUT2D eigenvalue weighted by atomic mass is 32.2. The van der Waals surface area contributed by atoms with Crippen LogP contribution in [0.15, 0.2) is 42.5 Å². The molecule has 1 fully saturated rings. The number of hydrogen-bond donors (Lipinski definition) is 1. The molecule has 2 heterocycles. The Morgan fingerprint density at radius 3 is 2.40 bits per heavy atom. The predicted molar refractivity (Wildman–Crippen MR) is 115 cm³/mol. The Hall–Kier alpha value is -2.49. The smallest absolute Gasteiger partial charge is 0.231 e. The molecule has 2 aliphatic heterocycles. The summed E-state index contributed by atoms with van der Waals surface area (Å²) >= 11 is 0. The molecule has 0 radical (unpaired) electrons. The molecule has 0 unspecified atom stereocenters. The lowest BCUT2D eigenvalue weighted by atomic mass is 10.0. The first-order chi connectivity index (χ1) is 14.4. The Labute approximate surface area is 177 Å². The summed E-state index contributed by atoms with van der Waals surface area (Å²) in [6, 6.07) is 13.8. The highest BCUT2D eigenvalue weighted by Crippen LogP contribution is 2.36. The second-order valence-electron chi connectivity index (χ2n) is 7.47. The van der Waals surface area contributed by atoms with Crippen molar-refractivity contribution in [3.05, 3.63) is 48.0 Å². The van der Waals surface area contributed by atoms with Crippen LogP contribution in [-0.4, -0.2) is 66.2 Å². The van der Waals surface area contributed by atoms with Crippen molar-refractivity contribution in [2.75, 3.05) is 57.8 Å². The van der Waals surface area contributed by atoms with Crippen LogP contribution >= 0.6 is 0 Å². The van der Waals surface area contributed by atoms with Crippen molar-refractivity contribution < 1.29 is 22.6 Å². The van der Waals surface area contributed by atoms with Crippen LogP contribution in [0, 0.1) is 0 Å². The van der Waals surface area contributed by atoms with Crippen molar-refractivity contribution in [3.8, 4) is 17.2 Å². The first kappa shape index (κ1) is 20.8. The predicted octanol–water partition coefficient (Wildman–Crippen LogP) is 1.84. The second-order valence-corrected chi connectivity index (χ2v) is 9.30. The van der Waals surface area contributed by atoms with Crippen molar-refractivity contribution in [1.29, 1.82) is 0 Å². The number of fused-ring (bicyclic) bond motifs is 1. The molecule has 2 aliphatic rings. The van der Waals surface area contributed by atoms with Gasteiger partial charge in [-0.05, 0) is 42.0 Å². The van der Waals surface area contributed by atoms with Crippen LogP contribution in [0.4, 0.5) is 5.69 Å². The summed E-state index contributed by atoms with van der Waals surface area (Å²) in [7, 11) is -1.63.